The SMILES string of the molecule is N#Cc1c(F)cccc1N1CCN(Cn2ncc(Cl)c(Cl)c2=O)CC1. The molecule has 0 radical (unpaired) electrons. The lowest BCUT2D eigenvalue weighted by molar-refractivity contribution is 0.191. The molecular formula is C16H14Cl2FN5O. The van der Waals surface area contributed by atoms with E-state index < -0.39 is 11.4 Å². The first-order valence-electron chi connectivity index (χ1n) is 7.58. The normalized spacial score (nSPS) is 15.2. The summed E-state index contributed by atoms with van der Waals surface area (Å²) in [5.74, 6) is -0.519. The predicted octanol–water partition coefficient (Wildman–Crippen LogP) is 2.34. The van der Waals surface area contributed by atoms with Gasteiger partial charge in [0.2, 0.25) is 0 Å². The Balaban J connectivity index is 1.69. The molecule has 1 saturated heterocycles. The van der Waals surface area contributed by atoms with Crippen molar-refractivity contribution in [3.05, 3.63) is 56.2 Å². The Morgan fingerprint density at radius 1 is 1.24 bits per heavy atom. The van der Waals surface area contributed by atoms with Crippen LogP contribution in [-0.2, 0) is 6.67 Å². The quantitative estimate of drug-likeness (QED) is 0.816. The van der Waals surface area contributed by atoms with Crippen molar-refractivity contribution in [1.82, 2.24) is 14.7 Å². The van der Waals surface area contributed by atoms with Crippen LogP contribution in [0.25, 0.3) is 0 Å². The molecule has 0 atom stereocenters. The second kappa shape index (κ2) is 7.40. The second-order valence-corrected chi connectivity index (χ2v) is 6.39. The van der Waals surface area contributed by atoms with Crippen molar-refractivity contribution < 1.29 is 4.39 Å². The fourth-order valence-electron chi connectivity index (χ4n) is 2.75. The van der Waals surface area contributed by atoms with Crippen LogP contribution in [0.1, 0.15) is 5.56 Å². The lowest BCUT2D eigenvalue weighted by Gasteiger charge is -2.36. The fraction of sp³-hybridized carbons (Fsp3) is 0.312. The molecule has 25 heavy (non-hydrogen) atoms. The second-order valence-electron chi connectivity index (χ2n) is 5.60. The summed E-state index contributed by atoms with van der Waals surface area (Å²) in [5.41, 5.74) is 0.207. The van der Waals surface area contributed by atoms with Crippen LogP contribution in [0.5, 0.6) is 0 Å². The third kappa shape index (κ3) is 3.61. The van der Waals surface area contributed by atoms with Crippen LogP contribution in [0.3, 0.4) is 0 Å². The largest absolute Gasteiger partial charge is 0.368 e. The molecule has 1 aromatic heterocycles. The van der Waals surface area contributed by atoms with E-state index in [1.54, 1.807) is 12.1 Å². The minimum absolute atomic E-state index is 0.0475. The number of benzene rings is 1. The summed E-state index contributed by atoms with van der Waals surface area (Å²) >= 11 is 11.6. The minimum atomic E-state index is -0.519. The molecule has 130 valence electrons. The number of aromatic nitrogens is 2. The summed E-state index contributed by atoms with van der Waals surface area (Å²) < 4.78 is 15.0. The summed E-state index contributed by atoms with van der Waals surface area (Å²) in [6.07, 6.45) is 1.34. The molecule has 0 saturated carbocycles. The van der Waals surface area contributed by atoms with Gasteiger partial charge >= 0.3 is 0 Å². The standard InChI is InChI=1S/C16H14Cl2FN5O/c17-12-9-21-24(16(25)15(12)18)10-22-4-6-23(7-5-22)14-3-1-2-13(19)11(14)8-20/h1-3,9H,4-7,10H2. The molecule has 1 fully saturated rings. The van der Waals surface area contributed by atoms with Gasteiger partial charge < -0.3 is 4.90 Å². The maximum Gasteiger partial charge on any atom is 0.288 e. The van der Waals surface area contributed by atoms with E-state index in [9.17, 15) is 9.18 Å². The number of nitrogens with zero attached hydrogens (tertiary/aromatic N) is 5. The minimum Gasteiger partial charge on any atom is -0.368 e. The first kappa shape index (κ1) is 17.7. The zero-order chi connectivity index (χ0) is 18.0. The molecule has 0 N–H and O–H groups in total. The average Bonchev–Trinajstić information content (AvgIpc) is 2.62. The molecule has 2 aromatic rings. The average molecular weight is 382 g/mol. The summed E-state index contributed by atoms with van der Waals surface area (Å²) in [7, 11) is 0. The van der Waals surface area contributed by atoms with Gasteiger partial charge in [-0.25, -0.2) is 9.07 Å². The molecule has 0 spiro atoms. The van der Waals surface area contributed by atoms with Gasteiger partial charge in [0.25, 0.3) is 5.56 Å². The van der Waals surface area contributed by atoms with E-state index in [1.807, 2.05) is 15.9 Å². The Labute approximate surface area is 153 Å². The lowest BCUT2D eigenvalue weighted by atomic mass is 10.1. The number of anilines is 1. The monoisotopic (exact) mass is 381 g/mol. The molecule has 0 amide bonds. The Morgan fingerprint density at radius 2 is 1.96 bits per heavy atom. The van der Waals surface area contributed by atoms with Gasteiger partial charge in [0.1, 0.15) is 22.5 Å². The van der Waals surface area contributed by atoms with Crippen molar-refractivity contribution in [3.63, 3.8) is 0 Å². The number of piperazine rings is 1. The van der Waals surface area contributed by atoms with E-state index in [2.05, 4.69) is 5.10 Å². The van der Waals surface area contributed by atoms with Crippen LogP contribution < -0.4 is 10.5 Å². The third-order valence-electron chi connectivity index (χ3n) is 4.09. The third-order valence-corrected chi connectivity index (χ3v) is 4.84. The summed E-state index contributed by atoms with van der Waals surface area (Å²) in [6, 6.07) is 6.53. The molecule has 1 aliphatic rings. The maximum atomic E-state index is 13.8. The van der Waals surface area contributed by atoms with E-state index in [0.717, 1.165) is 0 Å². The smallest absolute Gasteiger partial charge is 0.288 e. The highest BCUT2D eigenvalue weighted by Gasteiger charge is 2.21. The van der Waals surface area contributed by atoms with Gasteiger partial charge in [-0.15, -0.1) is 0 Å². The van der Waals surface area contributed by atoms with Gasteiger partial charge in [-0.05, 0) is 12.1 Å². The van der Waals surface area contributed by atoms with Crippen LogP contribution in [0.15, 0.2) is 29.2 Å². The van der Waals surface area contributed by atoms with Crippen LogP contribution in [0.4, 0.5) is 10.1 Å². The van der Waals surface area contributed by atoms with Crippen LogP contribution >= 0.6 is 23.2 Å². The van der Waals surface area contributed by atoms with E-state index >= 15 is 0 Å². The molecule has 1 aromatic carbocycles. The summed E-state index contributed by atoms with van der Waals surface area (Å²) in [4.78, 5) is 16.0. The molecule has 0 bridgehead atoms. The molecule has 0 unspecified atom stereocenters. The van der Waals surface area contributed by atoms with Crippen LogP contribution in [0.2, 0.25) is 10.0 Å². The van der Waals surface area contributed by atoms with E-state index in [0.29, 0.717) is 31.9 Å². The maximum absolute atomic E-state index is 13.8. The van der Waals surface area contributed by atoms with E-state index in [1.165, 1.54) is 16.9 Å². The highest BCUT2D eigenvalue weighted by molar-refractivity contribution is 6.41. The Morgan fingerprint density at radius 3 is 2.64 bits per heavy atom. The Hall–Kier alpha value is -2.14. The number of rotatable bonds is 3. The number of halogens is 3. The van der Waals surface area contributed by atoms with Gasteiger partial charge in [-0.3, -0.25) is 9.69 Å². The highest BCUT2D eigenvalue weighted by atomic mass is 35.5. The first-order valence-corrected chi connectivity index (χ1v) is 8.34. The Kier molecular flexibility index (Phi) is 5.23. The van der Waals surface area contributed by atoms with Gasteiger partial charge in [0, 0.05) is 26.2 Å². The number of nitriles is 1. The molecule has 1 aliphatic heterocycles. The Bertz CT molecular complexity index is 887. The van der Waals surface area contributed by atoms with Crippen LogP contribution in [0, 0.1) is 17.1 Å². The highest BCUT2D eigenvalue weighted by Crippen LogP contribution is 2.23. The molecule has 6 nitrogen and oxygen atoms in total. The zero-order valence-electron chi connectivity index (χ0n) is 13.1. The molecule has 2 heterocycles. The van der Waals surface area contributed by atoms with Crippen molar-refractivity contribution >= 4 is 28.9 Å². The summed E-state index contributed by atoms with van der Waals surface area (Å²) in [5, 5.41) is 13.2. The topological polar surface area (TPSA) is 65.2 Å². The van der Waals surface area contributed by atoms with Crippen molar-refractivity contribution in [2.75, 3.05) is 31.1 Å². The van der Waals surface area contributed by atoms with Gasteiger partial charge in [-0.2, -0.15) is 10.4 Å². The van der Waals surface area contributed by atoms with Gasteiger partial charge in [0.05, 0.1) is 23.6 Å². The van der Waals surface area contributed by atoms with E-state index in [4.69, 9.17) is 28.5 Å². The predicted molar refractivity (Wildman–Crippen MR) is 93.4 cm³/mol. The molecule has 3 rings (SSSR count). The molecular weight excluding hydrogens is 368 g/mol. The fourth-order valence-corrected chi connectivity index (χ4v) is 3.02. The van der Waals surface area contributed by atoms with Gasteiger partial charge in [0.15, 0.2) is 0 Å². The van der Waals surface area contributed by atoms with E-state index in [-0.39, 0.29) is 22.3 Å². The molecule has 0 aliphatic carbocycles. The van der Waals surface area contributed by atoms with Gasteiger partial charge in [-0.1, -0.05) is 29.3 Å². The number of hydrogen-bond acceptors (Lipinski definition) is 5. The molecule has 9 heteroatoms. The zero-order valence-corrected chi connectivity index (χ0v) is 14.6. The van der Waals surface area contributed by atoms with Crippen LogP contribution in [-0.4, -0.2) is 40.9 Å². The number of hydrogen-bond donors (Lipinski definition) is 0. The first-order chi connectivity index (χ1) is 12.0. The van der Waals surface area contributed by atoms with Crippen molar-refractivity contribution in [1.29, 1.82) is 5.26 Å². The van der Waals surface area contributed by atoms with Crippen molar-refractivity contribution in [3.8, 4) is 6.07 Å². The lowest BCUT2D eigenvalue weighted by Crippen LogP contribution is -2.48. The van der Waals surface area contributed by atoms with Crippen molar-refractivity contribution in [2.45, 2.75) is 6.67 Å². The van der Waals surface area contributed by atoms with Crippen molar-refractivity contribution in [2.24, 2.45) is 0 Å². The summed E-state index contributed by atoms with van der Waals surface area (Å²) in [6.45, 7) is 2.77.